The maximum atomic E-state index is 14.3. The molecule has 0 heterocycles. The number of anilines is 1. The van der Waals surface area contributed by atoms with Crippen LogP contribution in [0.4, 0.5) is 5.69 Å². The summed E-state index contributed by atoms with van der Waals surface area (Å²) >= 11 is 13.0. The minimum absolute atomic E-state index is 0.0481. The molecule has 0 aromatic heterocycles. The van der Waals surface area contributed by atoms with Crippen molar-refractivity contribution in [2.75, 3.05) is 10.8 Å². The molecule has 220 valence electrons. The predicted octanol–water partition coefficient (Wildman–Crippen LogP) is 6.53. The molecule has 3 rings (SSSR count). The summed E-state index contributed by atoms with van der Waals surface area (Å²) in [5, 5.41) is 3.62. The standard InChI is InChI=1S/C31H37Cl2N3O4S/c1-7-27(30(38)34-31(4,5)6)35(19-24-25(32)14-11-15-26(24)33)29(37)20-36(28-18-21(2)16-17-22(28)3)41(39,40)23-12-9-8-10-13-23/h8-18,27H,7,19-20H2,1-6H3,(H,34,38)/t27-/m0/s1. The Morgan fingerprint density at radius 2 is 1.54 bits per heavy atom. The highest BCUT2D eigenvalue weighted by atomic mass is 35.5. The molecule has 0 unspecified atom stereocenters. The van der Waals surface area contributed by atoms with Crippen molar-refractivity contribution in [2.45, 2.75) is 71.0 Å². The average molecular weight is 619 g/mol. The van der Waals surface area contributed by atoms with Crippen LogP contribution in [0.2, 0.25) is 10.0 Å². The highest BCUT2D eigenvalue weighted by molar-refractivity contribution is 7.92. The normalized spacial score (nSPS) is 12.5. The van der Waals surface area contributed by atoms with E-state index < -0.39 is 34.1 Å². The van der Waals surface area contributed by atoms with Crippen molar-refractivity contribution in [1.29, 1.82) is 0 Å². The topological polar surface area (TPSA) is 86.8 Å². The van der Waals surface area contributed by atoms with Crippen LogP contribution in [0.3, 0.4) is 0 Å². The first kappa shape index (κ1) is 32.4. The van der Waals surface area contributed by atoms with Crippen LogP contribution in [0.1, 0.15) is 50.8 Å². The zero-order chi connectivity index (χ0) is 30.5. The Kier molecular flexibility index (Phi) is 10.5. The molecular formula is C31H37Cl2N3O4S. The summed E-state index contributed by atoms with van der Waals surface area (Å²) in [4.78, 5) is 29.1. The number of hydrogen-bond donors (Lipinski definition) is 1. The molecule has 41 heavy (non-hydrogen) atoms. The van der Waals surface area contributed by atoms with E-state index in [4.69, 9.17) is 23.2 Å². The summed E-state index contributed by atoms with van der Waals surface area (Å²) in [6.07, 6.45) is 0.282. The van der Waals surface area contributed by atoms with Gasteiger partial charge in [-0.2, -0.15) is 0 Å². The number of carbonyl (C=O) groups excluding carboxylic acids is 2. The second kappa shape index (κ2) is 13.3. The monoisotopic (exact) mass is 617 g/mol. The lowest BCUT2D eigenvalue weighted by Gasteiger charge is -2.35. The van der Waals surface area contributed by atoms with Gasteiger partial charge in [0.25, 0.3) is 10.0 Å². The Balaban J connectivity index is 2.15. The third-order valence-corrected chi connectivity index (χ3v) is 9.00. The molecule has 0 spiro atoms. The molecule has 1 N–H and O–H groups in total. The number of hydrogen-bond acceptors (Lipinski definition) is 4. The van der Waals surface area contributed by atoms with Gasteiger partial charge in [-0.15, -0.1) is 0 Å². The summed E-state index contributed by atoms with van der Waals surface area (Å²) in [6, 6.07) is 17.5. The number of nitrogens with one attached hydrogen (secondary N) is 1. The molecule has 0 saturated carbocycles. The number of sulfonamides is 1. The highest BCUT2D eigenvalue weighted by Gasteiger charge is 2.35. The lowest BCUT2D eigenvalue weighted by molar-refractivity contribution is -0.141. The number of carbonyl (C=O) groups is 2. The Morgan fingerprint density at radius 3 is 2.10 bits per heavy atom. The third kappa shape index (κ3) is 8.03. The van der Waals surface area contributed by atoms with E-state index in [-0.39, 0.29) is 23.8 Å². The number of benzene rings is 3. The van der Waals surface area contributed by atoms with Gasteiger partial charge in [-0.1, -0.05) is 66.5 Å². The van der Waals surface area contributed by atoms with Gasteiger partial charge in [0, 0.05) is 27.7 Å². The van der Waals surface area contributed by atoms with E-state index in [1.165, 1.54) is 17.0 Å². The number of rotatable bonds is 10. The first-order valence-corrected chi connectivity index (χ1v) is 15.5. The zero-order valence-electron chi connectivity index (χ0n) is 24.2. The second-order valence-electron chi connectivity index (χ2n) is 11.0. The van der Waals surface area contributed by atoms with Crippen LogP contribution in [-0.4, -0.2) is 43.3 Å². The van der Waals surface area contributed by atoms with Crippen LogP contribution in [0.5, 0.6) is 0 Å². The van der Waals surface area contributed by atoms with E-state index in [9.17, 15) is 18.0 Å². The zero-order valence-corrected chi connectivity index (χ0v) is 26.6. The molecule has 0 aliphatic heterocycles. The number of amides is 2. The molecule has 0 bridgehead atoms. The fourth-order valence-electron chi connectivity index (χ4n) is 4.45. The van der Waals surface area contributed by atoms with E-state index in [0.717, 1.165) is 9.87 Å². The van der Waals surface area contributed by atoms with Gasteiger partial charge < -0.3 is 10.2 Å². The highest BCUT2D eigenvalue weighted by Crippen LogP contribution is 2.30. The molecule has 0 aliphatic carbocycles. The van der Waals surface area contributed by atoms with E-state index >= 15 is 0 Å². The van der Waals surface area contributed by atoms with Gasteiger partial charge in [0.1, 0.15) is 12.6 Å². The molecule has 3 aromatic carbocycles. The van der Waals surface area contributed by atoms with Gasteiger partial charge in [0.15, 0.2) is 0 Å². The number of halogens is 2. The van der Waals surface area contributed by atoms with Gasteiger partial charge in [0.05, 0.1) is 10.6 Å². The van der Waals surface area contributed by atoms with Crippen LogP contribution >= 0.6 is 23.2 Å². The third-order valence-electron chi connectivity index (χ3n) is 6.52. The van der Waals surface area contributed by atoms with E-state index in [2.05, 4.69) is 5.32 Å². The molecule has 0 aliphatic rings. The van der Waals surface area contributed by atoms with E-state index in [0.29, 0.717) is 26.9 Å². The van der Waals surface area contributed by atoms with E-state index in [1.54, 1.807) is 56.3 Å². The molecule has 1 atom stereocenters. The molecular weight excluding hydrogens is 581 g/mol. The van der Waals surface area contributed by atoms with Gasteiger partial charge in [-0.05, 0) is 82.5 Å². The average Bonchev–Trinajstić information content (AvgIpc) is 2.89. The van der Waals surface area contributed by atoms with Crippen molar-refractivity contribution in [3.05, 3.63) is 93.5 Å². The minimum Gasteiger partial charge on any atom is -0.350 e. The maximum Gasteiger partial charge on any atom is 0.264 e. The van der Waals surface area contributed by atoms with Crippen LogP contribution in [0.25, 0.3) is 0 Å². The molecule has 0 radical (unpaired) electrons. The van der Waals surface area contributed by atoms with Crippen molar-refractivity contribution in [3.63, 3.8) is 0 Å². The molecule has 0 fully saturated rings. The molecule has 2 amide bonds. The first-order valence-electron chi connectivity index (χ1n) is 13.3. The fourth-order valence-corrected chi connectivity index (χ4v) is 6.46. The quantitative estimate of drug-likeness (QED) is 0.280. The fraction of sp³-hybridized carbons (Fsp3) is 0.355. The summed E-state index contributed by atoms with van der Waals surface area (Å²) in [6.45, 7) is 10.4. The second-order valence-corrected chi connectivity index (χ2v) is 13.7. The Morgan fingerprint density at radius 1 is 0.927 bits per heavy atom. The number of aryl methyl sites for hydroxylation is 2. The SMILES string of the molecule is CC[C@@H](C(=O)NC(C)(C)C)N(Cc1c(Cl)cccc1Cl)C(=O)CN(c1cc(C)ccc1C)S(=O)(=O)c1ccccc1. The molecule has 0 saturated heterocycles. The lowest BCUT2D eigenvalue weighted by Crippen LogP contribution is -2.55. The predicted molar refractivity (Wildman–Crippen MR) is 166 cm³/mol. The maximum absolute atomic E-state index is 14.3. The molecule has 7 nitrogen and oxygen atoms in total. The largest absolute Gasteiger partial charge is 0.350 e. The summed E-state index contributed by atoms with van der Waals surface area (Å²) in [5.41, 5.74) is 1.81. The summed E-state index contributed by atoms with van der Waals surface area (Å²) < 4.78 is 29.1. The van der Waals surface area contributed by atoms with Gasteiger partial charge in [-0.25, -0.2) is 8.42 Å². The van der Waals surface area contributed by atoms with Gasteiger partial charge >= 0.3 is 0 Å². The number of nitrogens with zero attached hydrogens (tertiary/aromatic N) is 2. The van der Waals surface area contributed by atoms with Gasteiger partial charge in [0.2, 0.25) is 11.8 Å². The smallest absolute Gasteiger partial charge is 0.264 e. The van der Waals surface area contributed by atoms with Crippen LogP contribution in [0, 0.1) is 13.8 Å². The minimum atomic E-state index is -4.16. The summed E-state index contributed by atoms with van der Waals surface area (Å²) in [7, 11) is -4.16. The van der Waals surface area contributed by atoms with Crippen molar-refractivity contribution in [3.8, 4) is 0 Å². The van der Waals surface area contributed by atoms with Gasteiger partial charge in [-0.3, -0.25) is 13.9 Å². The van der Waals surface area contributed by atoms with Crippen molar-refractivity contribution in [1.82, 2.24) is 10.2 Å². The first-order chi connectivity index (χ1) is 19.2. The molecule has 3 aromatic rings. The Bertz CT molecular complexity index is 1490. The van der Waals surface area contributed by atoms with Crippen LogP contribution in [-0.2, 0) is 26.2 Å². The van der Waals surface area contributed by atoms with E-state index in [1.807, 2.05) is 39.8 Å². The van der Waals surface area contributed by atoms with Crippen molar-refractivity contribution >= 4 is 50.7 Å². The lowest BCUT2D eigenvalue weighted by atomic mass is 10.1. The van der Waals surface area contributed by atoms with Crippen molar-refractivity contribution in [2.24, 2.45) is 0 Å². The van der Waals surface area contributed by atoms with Crippen LogP contribution in [0.15, 0.2) is 71.6 Å². The Hall–Kier alpha value is -3.07. The Labute approximate surface area is 253 Å². The van der Waals surface area contributed by atoms with Crippen LogP contribution < -0.4 is 9.62 Å². The summed E-state index contributed by atoms with van der Waals surface area (Å²) in [5.74, 6) is -0.932. The van der Waals surface area contributed by atoms with Crippen molar-refractivity contribution < 1.29 is 18.0 Å². The molecule has 10 heteroatoms.